The van der Waals surface area contributed by atoms with Crippen molar-refractivity contribution < 1.29 is 18.0 Å². The standard InChI is InChI=1S/C11H10F3N3O2/c1-5(15-9(18)11(12,13)14)6-2-3-7-8(4-6)17-10(19)16-7/h2-5H,1H3,(H,15,18)(H2,16,17,19). The molecule has 2 rings (SSSR count). The van der Waals surface area contributed by atoms with E-state index >= 15 is 0 Å². The van der Waals surface area contributed by atoms with Gasteiger partial charge in [-0.25, -0.2) is 4.79 Å². The van der Waals surface area contributed by atoms with E-state index in [1.54, 1.807) is 6.07 Å². The van der Waals surface area contributed by atoms with E-state index in [0.29, 0.717) is 16.6 Å². The molecule has 5 nitrogen and oxygen atoms in total. The molecule has 1 atom stereocenters. The fourth-order valence-electron chi connectivity index (χ4n) is 1.68. The zero-order chi connectivity index (χ0) is 14.2. The molecule has 0 aliphatic rings. The van der Waals surface area contributed by atoms with Gasteiger partial charge < -0.3 is 15.3 Å². The molecule has 0 fully saturated rings. The number of nitrogens with one attached hydrogen (secondary N) is 3. The number of carbonyl (C=O) groups excluding carboxylic acids is 1. The molecule has 0 saturated carbocycles. The van der Waals surface area contributed by atoms with E-state index in [0.717, 1.165) is 0 Å². The van der Waals surface area contributed by atoms with Crippen LogP contribution in [0.15, 0.2) is 23.0 Å². The second-order valence-corrected chi connectivity index (χ2v) is 4.08. The normalized spacial score (nSPS) is 13.5. The summed E-state index contributed by atoms with van der Waals surface area (Å²) in [5.74, 6) is -2.00. The molecule has 19 heavy (non-hydrogen) atoms. The number of hydrogen-bond donors (Lipinski definition) is 3. The van der Waals surface area contributed by atoms with Crippen molar-refractivity contribution in [3.05, 3.63) is 34.2 Å². The first-order valence-corrected chi connectivity index (χ1v) is 5.37. The zero-order valence-electron chi connectivity index (χ0n) is 9.76. The predicted octanol–water partition coefficient (Wildman–Crippen LogP) is 1.60. The molecule has 1 aromatic heterocycles. The second-order valence-electron chi connectivity index (χ2n) is 4.08. The van der Waals surface area contributed by atoms with Crippen LogP contribution < -0.4 is 11.0 Å². The molecule has 0 saturated heterocycles. The van der Waals surface area contributed by atoms with Gasteiger partial charge >= 0.3 is 17.8 Å². The van der Waals surface area contributed by atoms with E-state index < -0.39 is 23.8 Å². The number of fused-ring (bicyclic) bond motifs is 1. The molecule has 8 heteroatoms. The molecule has 2 aromatic rings. The highest BCUT2D eigenvalue weighted by Crippen LogP contribution is 2.20. The van der Waals surface area contributed by atoms with E-state index in [2.05, 4.69) is 9.97 Å². The molecule has 1 heterocycles. The average Bonchev–Trinajstić information content (AvgIpc) is 2.66. The third-order valence-electron chi connectivity index (χ3n) is 2.65. The maximum Gasteiger partial charge on any atom is 0.471 e. The van der Waals surface area contributed by atoms with E-state index in [1.807, 2.05) is 5.32 Å². The summed E-state index contributed by atoms with van der Waals surface area (Å²) in [6.45, 7) is 1.43. The summed E-state index contributed by atoms with van der Waals surface area (Å²) in [6.07, 6.45) is -4.92. The van der Waals surface area contributed by atoms with Gasteiger partial charge in [0, 0.05) is 0 Å². The van der Waals surface area contributed by atoms with Crippen molar-refractivity contribution >= 4 is 16.9 Å². The van der Waals surface area contributed by atoms with Crippen molar-refractivity contribution in [1.82, 2.24) is 15.3 Å². The monoisotopic (exact) mass is 273 g/mol. The quantitative estimate of drug-likeness (QED) is 0.777. The van der Waals surface area contributed by atoms with Crippen LogP contribution in [0.2, 0.25) is 0 Å². The Hall–Kier alpha value is -2.25. The molecule has 0 aliphatic heterocycles. The highest BCUT2D eigenvalue weighted by atomic mass is 19.4. The van der Waals surface area contributed by atoms with Crippen molar-refractivity contribution in [1.29, 1.82) is 0 Å². The minimum Gasteiger partial charge on any atom is -0.342 e. The SMILES string of the molecule is CC(NC(=O)C(F)(F)F)c1ccc2[nH]c(=O)[nH]c2c1. The van der Waals surface area contributed by atoms with Crippen LogP contribution in [0.1, 0.15) is 18.5 Å². The van der Waals surface area contributed by atoms with Gasteiger partial charge in [-0.05, 0) is 24.6 Å². The Morgan fingerprint density at radius 3 is 2.53 bits per heavy atom. The van der Waals surface area contributed by atoms with Crippen molar-refractivity contribution in [3.8, 4) is 0 Å². The molecule has 0 radical (unpaired) electrons. The minimum atomic E-state index is -4.92. The van der Waals surface area contributed by atoms with Gasteiger partial charge in [-0.1, -0.05) is 6.07 Å². The van der Waals surface area contributed by atoms with Gasteiger partial charge in [-0.3, -0.25) is 4.79 Å². The van der Waals surface area contributed by atoms with Crippen LogP contribution in [0.5, 0.6) is 0 Å². The van der Waals surface area contributed by atoms with Crippen LogP contribution in [-0.2, 0) is 4.79 Å². The van der Waals surface area contributed by atoms with Crippen LogP contribution in [0.25, 0.3) is 11.0 Å². The Bertz CT molecular complexity index is 672. The molecule has 1 unspecified atom stereocenters. The molecule has 3 N–H and O–H groups in total. The number of alkyl halides is 3. The maximum absolute atomic E-state index is 12.1. The maximum atomic E-state index is 12.1. The number of aromatic amines is 2. The number of amides is 1. The molecular formula is C11H10F3N3O2. The van der Waals surface area contributed by atoms with Crippen molar-refractivity contribution in [2.75, 3.05) is 0 Å². The highest BCUT2D eigenvalue weighted by molar-refractivity contribution is 5.82. The Kier molecular flexibility index (Phi) is 3.09. The van der Waals surface area contributed by atoms with Crippen molar-refractivity contribution in [3.63, 3.8) is 0 Å². The first-order valence-electron chi connectivity index (χ1n) is 5.37. The lowest BCUT2D eigenvalue weighted by atomic mass is 10.1. The lowest BCUT2D eigenvalue weighted by molar-refractivity contribution is -0.174. The summed E-state index contributed by atoms with van der Waals surface area (Å²) in [5, 5.41) is 1.84. The summed E-state index contributed by atoms with van der Waals surface area (Å²) in [5.41, 5.74) is 1.07. The van der Waals surface area contributed by atoms with Crippen LogP contribution >= 0.6 is 0 Å². The minimum absolute atomic E-state index is 0.404. The van der Waals surface area contributed by atoms with Crippen LogP contribution in [0.3, 0.4) is 0 Å². The Balaban J connectivity index is 2.24. The van der Waals surface area contributed by atoms with Crippen molar-refractivity contribution in [2.24, 2.45) is 0 Å². The predicted molar refractivity (Wildman–Crippen MR) is 61.5 cm³/mol. The van der Waals surface area contributed by atoms with E-state index in [-0.39, 0.29) is 0 Å². The average molecular weight is 273 g/mol. The van der Waals surface area contributed by atoms with Gasteiger partial charge in [0.05, 0.1) is 17.1 Å². The van der Waals surface area contributed by atoms with Crippen LogP contribution in [0.4, 0.5) is 13.2 Å². The highest BCUT2D eigenvalue weighted by Gasteiger charge is 2.39. The Labute approximate surface area is 104 Å². The topological polar surface area (TPSA) is 77.8 Å². The summed E-state index contributed by atoms with van der Waals surface area (Å²) >= 11 is 0. The number of imidazole rings is 1. The van der Waals surface area contributed by atoms with Gasteiger partial charge in [0.25, 0.3) is 0 Å². The molecule has 0 spiro atoms. The van der Waals surface area contributed by atoms with Gasteiger partial charge in [0.2, 0.25) is 0 Å². The largest absolute Gasteiger partial charge is 0.471 e. The fraction of sp³-hybridized carbons (Fsp3) is 0.273. The smallest absolute Gasteiger partial charge is 0.342 e. The van der Waals surface area contributed by atoms with Gasteiger partial charge in [0.15, 0.2) is 0 Å². The van der Waals surface area contributed by atoms with E-state index in [4.69, 9.17) is 0 Å². The van der Waals surface area contributed by atoms with E-state index in [9.17, 15) is 22.8 Å². The van der Waals surface area contributed by atoms with Gasteiger partial charge in [-0.15, -0.1) is 0 Å². The summed E-state index contributed by atoms with van der Waals surface area (Å²) in [7, 11) is 0. The van der Waals surface area contributed by atoms with Crippen LogP contribution in [0, 0.1) is 0 Å². The number of carbonyl (C=O) groups is 1. The molecule has 0 bridgehead atoms. The lowest BCUT2D eigenvalue weighted by Gasteiger charge is -2.15. The molecular weight excluding hydrogens is 263 g/mol. The van der Waals surface area contributed by atoms with Crippen molar-refractivity contribution in [2.45, 2.75) is 19.1 Å². The summed E-state index contributed by atoms with van der Waals surface area (Å²) < 4.78 is 36.4. The third-order valence-corrected chi connectivity index (χ3v) is 2.65. The summed E-state index contributed by atoms with van der Waals surface area (Å²) in [4.78, 5) is 26.9. The van der Waals surface area contributed by atoms with E-state index in [1.165, 1.54) is 19.1 Å². The number of benzene rings is 1. The number of H-pyrrole nitrogens is 2. The molecule has 1 amide bonds. The Morgan fingerprint density at radius 2 is 1.89 bits per heavy atom. The zero-order valence-corrected chi connectivity index (χ0v) is 9.76. The fourth-order valence-corrected chi connectivity index (χ4v) is 1.68. The number of rotatable bonds is 2. The first kappa shape index (κ1) is 13.2. The Morgan fingerprint density at radius 1 is 1.26 bits per heavy atom. The summed E-state index contributed by atoms with van der Waals surface area (Å²) in [6, 6.07) is 3.78. The molecule has 0 aliphatic carbocycles. The number of aromatic nitrogens is 2. The third kappa shape index (κ3) is 2.78. The number of hydrogen-bond acceptors (Lipinski definition) is 2. The number of halogens is 3. The first-order chi connectivity index (χ1) is 8.77. The van der Waals surface area contributed by atoms with Gasteiger partial charge in [0.1, 0.15) is 0 Å². The second kappa shape index (κ2) is 4.45. The molecule has 1 aromatic carbocycles. The van der Waals surface area contributed by atoms with Gasteiger partial charge in [-0.2, -0.15) is 13.2 Å². The van der Waals surface area contributed by atoms with Crippen LogP contribution in [-0.4, -0.2) is 22.1 Å². The lowest BCUT2D eigenvalue weighted by Crippen LogP contribution is -2.38. The molecule has 102 valence electrons.